The molecule has 0 atom stereocenters. The van der Waals surface area contributed by atoms with Crippen LogP contribution in [-0.2, 0) is 17.8 Å². The molecule has 1 aromatic heterocycles. The number of rotatable bonds is 7. The van der Waals surface area contributed by atoms with E-state index in [0.29, 0.717) is 23.2 Å². The molecule has 0 aliphatic carbocycles. The Hall–Kier alpha value is -3.35. The number of aromatic nitrogens is 2. The molecule has 0 saturated heterocycles. The van der Waals surface area contributed by atoms with Gasteiger partial charge < -0.3 is 19.3 Å². The lowest BCUT2D eigenvalue weighted by Gasteiger charge is -2.09. The average molecular weight is 367 g/mol. The molecule has 1 N–H and O–H groups in total. The molecule has 7 heteroatoms. The van der Waals surface area contributed by atoms with Crippen molar-refractivity contribution in [1.82, 2.24) is 15.5 Å². The molecule has 0 spiro atoms. The number of ether oxygens (including phenoxy) is 2. The summed E-state index contributed by atoms with van der Waals surface area (Å²) in [6.45, 7) is 2.17. The lowest BCUT2D eigenvalue weighted by molar-refractivity contribution is -0.120. The lowest BCUT2D eigenvalue weighted by Crippen LogP contribution is -2.24. The standard InChI is InChI=1S/C20H21N3O4/c1-13-5-4-6-15(9-13)20-22-19(27-23-20)12-21-18(24)11-14-7-8-16(25-2)17(10-14)26-3/h4-10H,11-12H2,1-3H3,(H,21,24). The molecule has 140 valence electrons. The van der Waals surface area contributed by atoms with E-state index in [1.54, 1.807) is 26.4 Å². The van der Waals surface area contributed by atoms with E-state index in [1.165, 1.54) is 0 Å². The van der Waals surface area contributed by atoms with Crippen molar-refractivity contribution in [2.24, 2.45) is 0 Å². The Morgan fingerprint density at radius 1 is 1.11 bits per heavy atom. The minimum absolute atomic E-state index is 0.155. The summed E-state index contributed by atoms with van der Waals surface area (Å²) in [5.74, 6) is 1.91. The summed E-state index contributed by atoms with van der Waals surface area (Å²) >= 11 is 0. The predicted molar refractivity (Wildman–Crippen MR) is 99.6 cm³/mol. The summed E-state index contributed by atoms with van der Waals surface area (Å²) in [6.07, 6.45) is 0.208. The molecule has 0 bridgehead atoms. The van der Waals surface area contributed by atoms with Crippen molar-refractivity contribution in [3.8, 4) is 22.9 Å². The summed E-state index contributed by atoms with van der Waals surface area (Å²) in [6, 6.07) is 13.2. The van der Waals surface area contributed by atoms with Gasteiger partial charge in [-0.2, -0.15) is 4.98 Å². The van der Waals surface area contributed by atoms with Gasteiger partial charge in [-0.25, -0.2) is 0 Å². The van der Waals surface area contributed by atoms with Gasteiger partial charge in [-0.1, -0.05) is 35.0 Å². The van der Waals surface area contributed by atoms with E-state index in [2.05, 4.69) is 15.5 Å². The fraction of sp³-hybridized carbons (Fsp3) is 0.250. The van der Waals surface area contributed by atoms with E-state index in [9.17, 15) is 4.79 Å². The maximum absolute atomic E-state index is 12.2. The quantitative estimate of drug-likeness (QED) is 0.691. The van der Waals surface area contributed by atoms with Gasteiger partial charge in [0.15, 0.2) is 11.5 Å². The van der Waals surface area contributed by atoms with Crippen molar-refractivity contribution < 1.29 is 18.8 Å². The zero-order chi connectivity index (χ0) is 19.2. The molecule has 27 heavy (non-hydrogen) atoms. The fourth-order valence-electron chi connectivity index (χ4n) is 2.64. The van der Waals surface area contributed by atoms with Gasteiger partial charge in [-0.3, -0.25) is 4.79 Å². The van der Waals surface area contributed by atoms with Crippen LogP contribution in [-0.4, -0.2) is 30.3 Å². The summed E-state index contributed by atoms with van der Waals surface area (Å²) in [4.78, 5) is 16.5. The van der Waals surface area contributed by atoms with Crippen molar-refractivity contribution in [2.45, 2.75) is 19.9 Å². The predicted octanol–water partition coefficient (Wildman–Crippen LogP) is 2.92. The van der Waals surface area contributed by atoms with Crippen molar-refractivity contribution in [2.75, 3.05) is 14.2 Å². The number of aryl methyl sites for hydroxylation is 1. The van der Waals surface area contributed by atoms with Crippen molar-refractivity contribution >= 4 is 5.91 Å². The molecule has 0 unspecified atom stereocenters. The molecule has 0 saturated carbocycles. The number of benzene rings is 2. The molecular weight excluding hydrogens is 346 g/mol. The molecule has 3 rings (SSSR count). The molecule has 0 aliphatic rings. The lowest BCUT2D eigenvalue weighted by atomic mass is 10.1. The van der Waals surface area contributed by atoms with E-state index in [-0.39, 0.29) is 18.9 Å². The first-order chi connectivity index (χ1) is 13.1. The Morgan fingerprint density at radius 3 is 2.67 bits per heavy atom. The number of carbonyl (C=O) groups excluding carboxylic acids is 1. The van der Waals surface area contributed by atoms with Gasteiger partial charge in [-0.15, -0.1) is 0 Å². The molecule has 0 aliphatic heterocycles. The number of nitrogens with zero attached hydrogens (tertiary/aromatic N) is 2. The van der Waals surface area contributed by atoms with Crippen molar-refractivity contribution in [3.63, 3.8) is 0 Å². The minimum Gasteiger partial charge on any atom is -0.493 e. The second kappa shape index (κ2) is 8.35. The molecule has 2 aromatic carbocycles. The van der Waals surface area contributed by atoms with Gasteiger partial charge in [-0.05, 0) is 30.7 Å². The van der Waals surface area contributed by atoms with Gasteiger partial charge in [0.2, 0.25) is 17.6 Å². The van der Waals surface area contributed by atoms with E-state index >= 15 is 0 Å². The molecule has 0 radical (unpaired) electrons. The van der Waals surface area contributed by atoms with Crippen LogP contribution >= 0.6 is 0 Å². The highest BCUT2D eigenvalue weighted by molar-refractivity contribution is 5.78. The van der Waals surface area contributed by atoms with Crippen LogP contribution < -0.4 is 14.8 Å². The Morgan fingerprint density at radius 2 is 1.93 bits per heavy atom. The average Bonchev–Trinajstić information content (AvgIpc) is 3.15. The third-order valence-electron chi connectivity index (χ3n) is 3.99. The molecule has 3 aromatic rings. The summed E-state index contributed by atoms with van der Waals surface area (Å²) in [5, 5.41) is 6.75. The monoisotopic (exact) mass is 367 g/mol. The number of carbonyl (C=O) groups is 1. The molecule has 1 heterocycles. The van der Waals surface area contributed by atoms with Crippen LogP contribution in [0.3, 0.4) is 0 Å². The van der Waals surface area contributed by atoms with E-state index < -0.39 is 0 Å². The number of hydrogen-bond acceptors (Lipinski definition) is 6. The van der Waals surface area contributed by atoms with Gasteiger partial charge in [0.05, 0.1) is 27.2 Å². The van der Waals surface area contributed by atoms with Crippen molar-refractivity contribution in [3.05, 3.63) is 59.5 Å². The van der Waals surface area contributed by atoms with Crippen LogP contribution in [0.5, 0.6) is 11.5 Å². The normalized spacial score (nSPS) is 10.5. The molecular formula is C20H21N3O4. The van der Waals surface area contributed by atoms with Gasteiger partial charge >= 0.3 is 0 Å². The first-order valence-electron chi connectivity index (χ1n) is 8.46. The summed E-state index contributed by atoms with van der Waals surface area (Å²) in [7, 11) is 3.13. The summed E-state index contributed by atoms with van der Waals surface area (Å²) < 4.78 is 15.7. The number of hydrogen-bond donors (Lipinski definition) is 1. The Balaban J connectivity index is 1.58. The zero-order valence-electron chi connectivity index (χ0n) is 15.5. The number of methoxy groups -OCH3 is 2. The van der Waals surface area contributed by atoms with E-state index in [4.69, 9.17) is 14.0 Å². The minimum atomic E-state index is -0.155. The van der Waals surface area contributed by atoms with Gasteiger partial charge in [0, 0.05) is 5.56 Å². The van der Waals surface area contributed by atoms with Crippen LogP contribution in [0.25, 0.3) is 11.4 Å². The summed E-state index contributed by atoms with van der Waals surface area (Å²) in [5.41, 5.74) is 2.81. The number of amides is 1. The third kappa shape index (κ3) is 4.63. The highest BCUT2D eigenvalue weighted by Gasteiger charge is 2.12. The largest absolute Gasteiger partial charge is 0.493 e. The third-order valence-corrected chi connectivity index (χ3v) is 3.99. The zero-order valence-corrected chi connectivity index (χ0v) is 15.5. The van der Waals surface area contributed by atoms with Crippen LogP contribution in [0.2, 0.25) is 0 Å². The van der Waals surface area contributed by atoms with Crippen LogP contribution in [0.4, 0.5) is 0 Å². The van der Waals surface area contributed by atoms with E-state index in [0.717, 1.165) is 16.7 Å². The topological polar surface area (TPSA) is 86.5 Å². The Labute approximate surface area is 157 Å². The van der Waals surface area contributed by atoms with Gasteiger partial charge in [0.25, 0.3) is 0 Å². The smallest absolute Gasteiger partial charge is 0.246 e. The fourth-order valence-corrected chi connectivity index (χ4v) is 2.64. The molecule has 0 fully saturated rings. The Bertz CT molecular complexity index is 936. The first-order valence-corrected chi connectivity index (χ1v) is 8.46. The maximum Gasteiger partial charge on any atom is 0.246 e. The van der Waals surface area contributed by atoms with Crippen LogP contribution in [0.1, 0.15) is 17.0 Å². The second-order valence-corrected chi connectivity index (χ2v) is 6.02. The first kappa shape index (κ1) is 18.4. The SMILES string of the molecule is COc1ccc(CC(=O)NCc2nc(-c3cccc(C)c3)no2)cc1OC. The highest BCUT2D eigenvalue weighted by atomic mass is 16.5. The van der Waals surface area contributed by atoms with E-state index in [1.807, 2.05) is 37.3 Å². The van der Waals surface area contributed by atoms with Gasteiger partial charge in [0.1, 0.15) is 0 Å². The Kier molecular flexibility index (Phi) is 5.71. The maximum atomic E-state index is 12.2. The van der Waals surface area contributed by atoms with Crippen molar-refractivity contribution in [1.29, 1.82) is 0 Å². The molecule has 7 nitrogen and oxygen atoms in total. The highest BCUT2D eigenvalue weighted by Crippen LogP contribution is 2.27. The number of nitrogens with one attached hydrogen (secondary N) is 1. The van der Waals surface area contributed by atoms with Crippen LogP contribution in [0, 0.1) is 6.92 Å². The van der Waals surface area contributed by atoms with Crippen LogP contribution in [0.15, 0.2) is 47.0 Å². The second-order valence-electron chi connectivity index (χ2n) is 6.02. The molecule has 1 amide bonds.